The molecule has 3 heteroatoms. The second-order valence-electron chi connectivity index (χ2n) is 7.25. The highest BCUT2D eigenvalue weighted by atomic mass is 28.4. The first-order chi connectivity index (χ1) is 5.84. The SMILES string of the molecule is CC(C)(C)[Si](N[Si](C)(C)C)C(C)(C)C. The third-order valence-corrected chi connectivity index (χ3v) is 9.00. The van der Waals surface area contributed by atoms with Crippen molar-refractivity contribution in [2.24, 2.45) is 0 Å². The minimum Gasteiger partial charge on any atom is -0.360 e. The maximum atomic E-state index is 3.98. The minimum atomic E-state index is -1.14. The van der Waals surface area contributed by atoms with E-state index < -0.39 is 17.2 Å². The molecule has 0 saturated heterocycles. The minimum absolute atomic E-state index is 0.434. The fourth-order valence-electron chi connectivity index (χ4n) is 1.88. The lowest BCUT2D eigenvalue weighted by Crippen LogP contribution is -2.58. The van der Waals surface area contributed by atoms with Gasteiger partial charge in [0.1, 0.15) is 17.2 Å². The predicted molar refractivity (Wildman–Crippen MR) is 71.7 cm³/mol. The quantitative estimate of drug-likeness (QED) is 0.707. The summed E-state index contributed by atoms with van der Waals surface area (Å²) < 4.78 is 3.98. The standard InChI is InChI=1S/C11H28NSi2/c1-10(2,3)13(11(4,5)6)12-14(7,8)9/h12H,1-9H3. The van der Waals surface area contributed by atoms with Crippen LogP contribution in [0, 0.1) is 0 Å². The first-order valence-electron chi connectivity index (χ1n) is 5.50. The zero-order valence-corrected chi connectivity index (χ0v) is 13.5. The molecule has 0 spiro atoms. The van der Waals surface area contributed by atoms with Crippen LogP contribution in [0.25, 0.3) is 0 Å². The van der Waals surface area contributed by atoms with Crippen molar-refractivity contribution in [1.82, 2.24) is 4.65 Å². The van der Waals surface area contributed by atoms with Gasteiger partial charge in [-0.25, -0.2) is 0 Å². The smallest absolute Gasteiger partial charge is 0.138 e. The number of hydrogen-bond acceptors (Lipinski definition) is 1. The normalized spacial score (nSPS) is 15.0. The lowest BCUT2D eigenvalue weighted by atomic mass is 10.2. The molecule has 0 amide bonds. The van der Waals surface area contributed by atoms with Crippen molar-refractivity contribution in [3.05, 3.63) is 0 Å². The van der Waals surface area contributed by atoms with E-state index in [9.17, 15) is 0 Å². The molecule has 0 aliphatic heterocycles. The average Bonchev–Trinajstić information content (AvgIpc) is 1.75. The molecular weight excluding hydrogens is 202 g/mol. The van der Waals surface area contributed by atoms with E-state index in [1.165, 1.54) is 0 Å². The second-order valence-corrected chi connectivity index (χ2v) is 16.5. The van der Waals surface area contributed by atoms with Gasteiger partial charge in [0, 0.05) is 0 Å². The van der Waals surface area contributed by atoms with Crippen molar-refractivity contribution >= 4 is 17.2 Å². The van der Waals surface area contributed by atoms with Crippen molar-refractivity contribution in [3.8, 4) is 0 Å². The molecule has 0 bridgehead atoms. The first kappa shape index (κ1) is 14.4. The summed E-state index contributed by atoms with van der Waals surface area (Å²) in [6.45, 7) is 21.4. The maximum absolute atomic E-state index is 3.98. The Labute approximate surface area is 93.5 Å². The predicted octanol–water partition coefficient (Wildman–Crippen LogP) is 4.00. The summed E-state index contributed by atoms with van der Waals surface area (Å²) in [6, 6.07) is 0. The van der Waals surface area contributed by atoms with Crippen LogP contribution >= 0.6 is 0 Å². The zero-order chi connectivity index (χ0) is 11.8. The lowest BCUT2D eigenvalue weighted by Gasteiger charge is -2.42. The number of nitrogens with one attached hydrogen (secondary N) is 1. The third kappa shape index (κ3) is 5.32. The molecule has 85 valence electrons. The molecule has 0 rings (SSSR count). The maximum Gasteiger partial charge on any atom is 0.138 e. The van der Waals surface area contributed by atoms with Crippen molar-refractivity contribution in [1.29, 1.82) is 0 Å². The Bertz CT molecular complexity index is 167. The molecule has 0 aliphatic rings. The van der Waals surface area contributed by atoms with E-state index in [-0.39, 0.29) is 0 Å². The van der Waals surface area contributed by atoms with Gasteiger partial charge in [0.25, 0.3) is 0 Å². The van der Waals surface area contributed by atoms with Gasteiger partial charge in [-0.15, -0.1) is 0 Å². The topological polar surface area (TPSA) is 12.0 Å². The fraction of sp³-hybridized carbons (Fsp3) is 1.00. The molecule has 0 heterocycles. The summed E-state index contributed by atoms with van der Waals surface area (Å²) in [5, 5.41) is 0.867. The Morgan fingerprint density at radius 1 is 0.786 bits per heavy atom. The monoisotopic (exact) mass is 230 g/mol. The first-order valence-corrected chi connectivity index (χ1v) is 10.5. The number of hydrogen-bond donors (Lipinski definition) is 1. The Hall–Kier alpha value is 0.394. The van der Waals surface area contributed by atoms with Gasteiger partial charge in [-0.3, -0.25) is 0 Å². The summed E-state index contributed by atoms with van der Waals surface area (Å²) in [7, 11) is -1.67. The van der Waals surface area contributed by atoms with Gasteiger partial charge < -0.3 is 4.65 Å². The Morgan fingerprint density at radius 3 is 1.14 bits per heavy atom. The van der Waals surface area contributed by atoms with Gasteiger partial charge in [-0.1, -0.05) is 61.2 Å². The molecular formula is C11H28NSi2. The molecule has 0 unspecified atom stereocenters. The van der Waals surface area contributed by atoms with Gasteiger partial charge in [0.2, 0.25) is 0 Å². The summed E-state index contributed by atoms with van der Waals surface area (Å²) in [4.78, 5) is 0. The highest BCUT2D eigenvalue weighted by Crippen LogP contribution is 2.40. The molecule has 0 saturated carbocycles. The van der Waals surface area contributed by atoms with E-state index in [2.05, 4.69) is 65.8 Å². The zero-order valence-electron chi connectivity index (χ0n) is 11.5. The molecule has 1 radical (unpaired) electrons. The van der Waals surface area contributed by atoms with Gasteiger partial charge in [-0.05, 0) is 10.1 Å². The summed E-state index contributed by atoms with van der Waals surface area (Å²) in [5.74, 6) is 0. The fourth-order valence-corrected chi connectivity index (χ4v) is 10.1. The van der Waals surface area contributed by atoms with E-state index in [0.29, 0.717) is 10.1 Å². The summed E-state index contributed by atoms with van der Waals surface area (Å²) >= 11 is 0. The average molecular weight is 231 g/mol. The Balaban J connectivity index is 4.78. The van der Waals surface area contributed by atoms with Crippen LogP contribution < -0.4 is 4.65 Å². The second kappa shape index (κ2) is 4.10. The van der Waals surface area contributed by atoms with Gasteiger partial charge >= 0.3 is 0 Å². The van der Waals surface area contributed by atoms with Crippen molar-refractivity contribution in [2.75, 3.05) is 0 Å². The van der Waals surface area contributed by atoms with Crippen LogP contribution in [0.15, 0.2) is 0 Å². The van der Waals surface area contributed by atoms with E-state index >= 15 is 0 Å². The molecule has 1 N–H and O–H groups in total. The van der Waals surface area contributed by atoms with E-state index in [1.54, 1.807) is 0 Å². The van der Waals surface area contributed by atoms with Crippen LogP contribution in [-0.4, -0.2) is 17.2 Å². The number of rotatable bonds is 2. The van der Waals surface area contributed by atoms with Crippen LogP contribution in [0.2, 0.25) is 29.7 Å². The van der Waals surface area contributed by atoms with Crippen LogP contribution in [0.4, 0.5) is 0 Å². The van der Waals surface area contributed by atoms with Crippen LogP contribution in [-0.2, 0) is 0 Å². The lowest BCUT2D eigenvalue weighted by molar-refractivity contribution is 0.632. The molecule has 0 aromatic rings. The highest BCUT2D eigenvalue weighted by Gasteiger charge is 2.39. The van der Waals surface area contributed by atoms with E-state index in [4.69, 9.17) is 0 Å². The molecule has 1 nitrogen and oxygen atoms in total. The van der Waals surface area contributed by atoms with Gasteiger partial charge in [-0.2, -0.15) is 0 Å². The molecule has 0 aromatic heterocycles. The van der Waals surface area contributed by atoms with E-state index in [1.807, 2.05) is 0 Å². The molecule has 0 aromatic carbocycles. The van der Waals surface area contributed by atoms with Crippen LogP contribution in [0.5, 0.6) is 0 Å². The van der Waals surface area contributed by atoms with Crippen LogP contribution in [0.1, 0.15) is 41.5 Å². The Morgan fingerprint density at radius 2 is 1.07 bits per heavy atom. The van der Waals surface area contributed by atoms with Crippen molar-refractivity contribution in [3.63, 3.8) is 0 Å². The molecule has 0 atom stereocenters. The summed E-state index contributed by atoms with van der Waals surface area (Å²) in [5.41, 5.74) is 0. The van der Waals surface area contributed by atoms with Gasteiger partial charge in [0.15, 0.2) is 0 Å². The van der Waals surface area contributed by atoms with Gasteiger partial charge in [0.05, 0.1) is 0 Å². The highest BCUT2D eigenvalue weighted by molar-refractivity contribution is 6.85. The van der Waals surface area contributed by atoms with Crippen molar-refractivity contribution in [2.45, 2.75) is 71.3 Å². The third-order valence-electron chi connectivity index (χ3n) is 2.00. The van der Waals surface area contributed by atoms with Crippen LogP contribution in [0.3, 0.4) is 0 Å². The summed E-state index contributed by atoms with van der Waals surface area (Å²) in [6.07, 6.45) is 0. The van der Waals surface area contributed by atoms with E-state index in [0.717, 1.165) is 0 Å². The largest absolute Gasteiger partial charge is 0.360 e. The Kier molecular flexibility index (Phi) is 4.22. The molecule has 0 aliphatic carbocycles. The molecule has 14 heavy (non-hydrogen) atoms. The van der Waals surface area contributed by atoms with Crippen molar-refractivity contribution < 1.29 is 0 Å². The molecule has 0 fully saturated rings.